The molecule has 19 heavy (non-hydrogen) atoms. The number of aromatic nitrogens is 5. The Kier molecular flexibility index (Phi) is 4.43. The molecular weight excluding hydrogens is 266 g/mol. The van der Waals surface area contributed by atoms with Gasteiger partial charge in [0.25, 0.3) is 0 Å². The van der Waals surface area contributed by atoms with Crippen molar-refractivity contribution in [2.45, 2.75) is 5.16 Å². The van der Waals surface area contributed by atoms with Crippen molar-refractivity contribution in [1.29, 1.82) is 0 Å². The predicted octanol–water partition coefficient (Wildman–Crippen LogP) is 0.963. The monoisotopic (exact) mass is 283 g/mol. The van der Waals surface area contributed by atoms with Crippen LogP contribution in [-0.2, 0) is 18.8 Å². The number of methoxy groups -OCH3 is 2. The van der Waals surface area contributed by atoms with Gasteiger partial charge in [-0.2, -0.15) is 0 Å². The van der Waals surface area contributed by atoms with Crippen LogP contribution in [-0.4, -0.2) is 51.1 Å². The zero-order valence-electron chi connectivity index (χ0n) is 11.5. The zero-order valence-corrected chi connectivity index (χ0v) is 12.3. The Bertz CT molecular complexity index is 551. The molecule has 0 spiro atoms. The largest absolute Gasteiger partial charge is 0.479 e. The van der Waals surface area contributed by atoms with E-state index in [1.807, 2.05) is 24.9 Å². The summed E-state index contributed by atoms with van der Waals surface area (Å²) in [6, 6.07) is 0. The summed E-state index contributed by atoms with van der Waals surface area (Å²) >= 11 is 1.60. The van der Waals surface area contributed by atoms with Crippen LogP contribution in [0.25, 0.3) is 11.4 Å². The summed E-state index contributed by atoms with van der Waals surface area (Å²) in [6.07, 6.45) is 1.87. The molecule has 0 saturated heterocycles. The molecule has 0 aliphatic heterocycles. The minimum absolute atomic E-state index is 0.548. The van der Waals surface area contributed by atoms with Crippen molar-refractivity contribution in [1.82, 2.24) is 24.5 Å². The van der Waals surface area contributed by atoms with Crippen molar-refractivity contribution in [2.24, 2.45) is 14.1 Å². The summed E-state index contributed by atoms with van der Waals surface area (Å²) in [6.45, 7) is 0.684. The van der Waals surface area contributed by atoms with Gasteiger partial charge in [-0.15, -0.1) is 15.3 Å². The highest BCUT2D eigenvalue weighted by atomic mass is 32.2. The third kappa shape index (κ3) is 2.90. The molecule has 0 atom stereocenters. The van der Waals surface area contributed by atoms with Crippen LogP contribution in [0.4, 0.5) is 0 Å². The van der Waals surface area contributed by atoms with Crippen LogP contribution >= 0.6 is 11.8 Å². The maximum absolute atomic E-state index is 5.24. The Hall–Kier alpha value is -1.54. The lowest BCUT2D eigenvalue weighted by Crippen LogP contribution is -1.98. The Labute approximate surface area is 115 Å². The van der Waals surface area contributed by atoms with Crippen molar-refractivity contribution in [3.63, 3.8) is 0 Å². The molecule has 2 aromatic rings. The van der Waals surface area contributed by atoms with E-state index in [1.54, 1.807) is 30.7 Å². The number of hydrogen-bond acceptors (Lipinski definition) is 6. The summed E-state index contributed by atoms with van der Waals surface area (Å²) in [4.78, 5) is 0. The summed E-state index contributed by atoms with van der Waals surface area (Å²) in [7, 11) is 7.05. The molecule has 0 saturated carbocycles. The van der Waals surface area contributed by atoms with Crippen LogP contribution in [0, 0.1) is 0 Å². The fourth-order valence-electron chi connectivity index (χ4n) is 1.66. The minimum Gasteiger partial charge on any atom is -0.479 e. The van der Waals surface area contributed by atoms with Gasteiger partial charge in [0.15, 0.2) is 11.0 Å². The lowest BCUT2D eigenvalue weighted by Gasteiger charge is -2.03. The molecule has 0 N–H and O–H groups in total. The number of nitrogens with zero attached hydrogens (tertiary/aromatic N) is 5. The van der Waals surface area contributed by atoms with Crippen molar-refractivity contribution in [2.75, 3.05) is 26.6 Å². The molecule has 0 aliphatic rings. The van der Waals surface area contributed by atoms with Crippen LogP contribution in [0.1, 0.15) is 0 Å². The maximum Gasteiger partial charge on any atom is 0.243 e. The Balaban J connectivity index is 2.25. The first-order valence-electron chi connectivity index (χ1n) is 5.76. The fraction of sp³-hybridized carbons (Fsp3) is 0.545. The van der Waals surface area contributed by atoms with Gasteiger partial charge in [-0.1, -0.05) is 11.8 Å². The first-order valence-corrected chi connectivity index (χ1v) is 6.75. The van der Waals surface area contributed by atoms with Crippen LogP contribution in [0.15, 0.2) is 11.4 Å². The first-order chi connectivity index (χ1) is 9.17. The number of thioether (sulfide) groups is 1. The molecule has 0 fully saturated rings. The van der Waals surface area contributed by atoms with Crippen LogP contribution < -0.4 is 4.74 Å². The molecule has 8 heteroatoms. The minimum atomic E-state index is 0.548. The van der Waals surface area contributed by atoms with Gasteiger partial charge in [-0.05, 0) is 0 Å². The van der Waals surface area contributed by atoms with Gasteiger partial charge in [0.1, 0.15) is 5.56 Å². The van der Waals surface area contributed by atoms with Crippen molar-refractivity contribution in [3.8, 4) is 17.3 Å². The maximum atomic E-state index is 5.24. The number of hydrogen-bond donors (Lipinski definition) is 0. The summed E-state index contributed by atoms with van der Waals surface area (Å²) in [5, 5.41) is 13.4. The summed E-state index contributed by atoms with van der Waals surface area (Å²) in [5.41, 5.74) is 0.832. The molecule has 2 aromatic heterocycles. The molecule has 0 amide bonds. The van der Waals surface area contributed by atoms with Gasteiger partial charge in [0, 0.05) is 33.2 Å². The van der Waals surface area contributed by atoms with Crippen LogP contribution in [0.3, 0.4) is 0 Å². The lowest BCUT2D eigenvalue weighted by atomic mass is 10.3. The second-order valence-electron chi connectivity index (χ2n) is 3.93. The van der Waals surface area contributed by atoms with Gasteiger partial charge in [0.2, 0.25) is 5.88 Å². The van der Waals surface area contributed by atoms with E-state index in [1.165, 1.54) is 0 Å². The number of ether oxygens (including phenoxy) is 2. The molecule has 0 unspecified atom stereocenters. The molecule has 0 radical (unpaired) electrons. The third-order valence-electron chi connectivity index (χ3n) is 2.58. The smallest absolute Gasteiger partial charge is 0.243 e. The standard InChI is InChI=1S/C11H17N5O2S/c1-15-7-8(10(14-15)18-4)9-12-13-11(16(9)2)19-6-5-17-3/h7H,5-6H2,1-4H3. The topological polar surface area (TPSA) is 67.0 Å². The third-order valence-corrected chi connectivity index (χ3v) is 3.57. The Morgan fingerprint density at radius 1 is 1.26 bits per heavy atom. The first kappa shape index (κ1) is 13.9. The Morgan fingerprint density at radius 2 is 2.05 bits per heavy atom. The molecule has 0 aromatic carbocycles. The van der Waals surface area contributed by atoms with E-state index in [9.17, 15) is 0 Å². The second kappa shape index (κ2) is 6.07. The van der Waals surface area contributed by atoms with Crippen molar-refractivity contribution >= 4 is 11.8 Å². The van der Waals surface area contributed by atoms with Crippen LogP contribution in [0.2, 0.25) is 0 Å². The molecule has 0 bridgehead atoms. The average molecular weight is 283 g/mol. The fourth-order valence-corrected chi connectivity index (χ4v) is 2.47. The molecule has 0 aliphatic carbocycles. The SMILES string of the molecule is COCCSc1nnc(-c2cn(C)nc2OC)n1C. The molecular formula is C11H17N5O2S. The Morgan fingerprint density at radius 3 is 2.74 bits per heavy atom. The summed E-state index contributed by atoms with van der Waals surface area (Å²) in [5.74, 6) is 2.13. The van der Waals surface area contributed by atoms with Gasteiger partial charge in [0.05, 0.1) is 13.7 Å². The van der Waals surface area contributed by atoms with Crippen LogP contribution in [0.5, 0.6) is 5.88 Å². The highest BCUT2D eigenvalue weighted by Crippen LogP contribution is 2.28. The second-order valence-corrected chi connectivity index (χ2v) is 4.99. The van der Waals surface area contributed by atoms with Gasteiger partial charge in [-0.3, -0.25) is 4.68 Å². The normalized spacial score (nSPS) is 10.9. The highest BCUT2D eigenvalue weighted by molar-refractivity contribution is 7.99. The van der Waals surface area contributed by atoms with Crippen molar-refractivity contribution in [3.05, 3.63) is 6.20 Å². The highest BCUT2D eigenvalue weighted by Gasteiger charge is 2.17. The van der Waals surface area contributed by atoms with Gasteiger partial charge >= 0.3 is 0 Å². The van der Waals surface area contributed by atoms with E-state index in [2.05, 4.69) is 15.3 Å². The van der Waals surface area contributed by atoms with E-state index in [-0.39, 0.29) is 0 Å². The van der Waals surface area contributed by atoms with E-state index < -0.39 is 0 Å². The molecule has 104 valence electrons. The number of rotatable bonds is 6. The van der Waals surface area contributed by atoms with Gasteiger partial charge in [-0.25, -0.2) is 0 Å². The predicted molar refractivity (Wildman–Crippen MR) is 72.4 cm³/mol. The molecule has 2 rings (SSSR count). The van der Waals surface area contributed by atoms with E-state index in [0.717, 1.165) is 22.3 Å². The lowest BCUT2D eigenvalue weighted by molar-refractivity contribution is 0.218. The number of aryl methyl sites for hydroxylation is 1. The average Bonchev–Trinajstić information content (AvgIpc) is 2.93. The van der Waals surface area contributed by atoms with Gasteiger partial charge < -0.3 is 14.0 Å². The summed E-state index contributed by atoms with van der Waals surface area (Å²) < 4.78 is 13.9. The van der Waals surface area contributed by atoms with Crippen molar-refractivity contribution < 1.29 is 9.47 Å². The quantitative estimate of drug-likeness (QED) is 0.581. The van der Waals surface area contributed by atoms with E-state index >= 15 is 0 Å². The van der Waals surface area contributed by atoms with E-state index in [4.69, 9.17) is 9.47 Å². The zero-order chi connectivity index (χ0) is 13.8. The molecule has 7 nitrogen and oxygen atoms in total. The molecule has 2 heterocycles. The van der Waals surface area contributed by atoms with E-state index in [0.29, 0.717) is 12.5 Å².